The lowest BCUT2D eigenvalue weighted by Gasteiger charge is -2.25. The molecule has 6 heteroatoms. The maximum Gasteiger partial charge on any atom is 0.407 e. The third-order valence-corrected chi connectivity index (χ3v) is 3.20. The normalized spacial score (nSPS) is 21.0. The summed E-state index contributed by atoms with van der Waals surface area (Å²) in [4.78, 5) is 23.2. The number of ether oxygens (including phenoxy) is 1. The third kappa shape index (κ3) is 6.23. The summed E-state index contributed by atoms with van der Waals surface area (Å²) in [6.45, 7) is 5.94. The second-order valence-corrected chi connectivity index (χ2v) is 6.23. The van der Waals surface area contributed by atoms with Gasteiger partial charge in [0.2, 0.25) is 5.91 Å². The fraction of sp³-hybridized carbons (Fsp3) is 0.857. The SMILES string of the molecule is CC(C)(C)OC(=O)N[C@H](CO)CC[C@@H]1CCCNC1=O. The van der Waals surface area contributed by atoms with Crippen molar-refractivity contribution in [2.45, 2.75) is 58.1 Å². The Labute approximate surface area is 120 Å². The lowest BCUT2D eigenvalue weighted by atomic mass is 9.92. The number of piperidine rings is 1. The number of carbonyl (C=O) groups is 2. The Hall–Kier alpha value is -1.30. The van der Waals surface area contributed by atoms with Gasteiger partial charge in [0.05, 0.1) is 12.6 Å². The lowest BCUT2D eigenvalue weighted by molar-refractivity contribution is -0.126. The van der Waals surface area contributed by atoms with E-state index in [2.05, 4.69) is 10.6 Å². The van der Waals surface area contributed by atoms with Crippen molar-refractivity contribution in [2.75, 3.05) is 13.2 Å². The molecule has 0 bridgehead atoms. The average molecular weight is 286 g/mol. The summed E-state index contributed by atoms with van der Waals surface area (Å²) in [5, 5.41) is 14.8. The smallest absolute Gasteiger partial charge is 0.407 e. The summed E-state index contributed by atoms with van der Waals surface area (Å²) in [6, 6.07) is -0.375. The summed E-state index contributed by atoms with van der Waals surface area (Å²) in [5.74, 6) is 0.0587. The van der Waals surface area contributed by atoms with Crippen molar-refractivity contribution in [3.63, 3.8) is 0 Å². The first-order chi connectivity index (χ1) is 9.31. The van der Waals surface area contributed by atoms with E-state index in [9.17, 15) is 14.7 Å². The van der Waals surface area contributed by atoms with E-state index in [0.29, 0.717) is 12.8 Å². The molecule has 1 aliphatic rings. The van der Waals surface area contributed by atoms with Crippen LogP contribution in [0, 0.1) is 5.92 Å². The van der Waals surface area contributed by atoms with Crippen LogP contribution in [0.1, 0.15) is 46.5 Å². The molecule has 1 rings (SSSR count). The second kappa shape index (κ2) is 7.47. The molecule has 1 fully saturated rings. The zero-order valence-corrected chi connectivity index (χ0v) is 12.6. The quantitative estimate of drug-likeness (QED) is 0.708. The van der Waals surface area contributed by atoms with Crippen molar-refractivity contribution < 1.29 is 19.4 Å². The van der Waals surface area contributed by atoms with Gasteiger partial charge in [0.1, 0.15) is 5.60 Å². The molecule has 0 aromatic rings. The fourth-order valence-electron chi connectivity index (χ4n) is 2.20. The van der Waals surface area contributed by atoms with E-state index in [1.54, 1.807) is 20.8 Å². The van der Waals surface area contributed by atoms with Crippen LogP contribution >= 0.6 is 0 Å². The highest BCUT2D eigenvalue weighted by Crippen LogP contribution is 2.18. The van der Waals surface area contributed by atoms with E-state index in [1.165, 1.54) is 0 Å². The van der Waals surface area contributed by atoms with Crippen molar-refractivity contribution in [2.24, 2.45) is 5.92 Å². The minimum atomic E-state index is -0.562. The van der Waals surface area contributed by atoms with Gasteiger partial charge in [-0.2, -0.15) is 0 Å². The molecule has 20 heavy (non-hydrogen) atoms. The Morgan fingerprint density at radius 2 is 2.25 bits per heavy atom. The van der Waals surface area contributed by atoms with Gasteiger partial charge in [-0.15, -0.1) is 0 Å². The molecule has 1 saturated heterocycles. The van der Waals surface area contributed by atoms with E-state index >= 15 is 0 Å². The van der Waals surface area contributed by atoms with Gasteiger partial charge in [0.15, 0.2) is 0 Å². The maximum atomic E-state index is 11.6. The second-order valence-electron chi connectivity index (χ2n) is 6.23. The predicted octanol–water partition coefficient (Wildman–Crippen LogP) is 1.18. The lowest BCUT2D eigenvalue weighted by Crippen LogP contribution is -2.42. The van der Waals surface area contributed by atoms with Crippen molar-refractivity contribution in [1.29, 1.82) is 0 Å². The van der Waals surface area contributed by atoms with Gasteiger partial charge in [-0.3, -0.25) is 4.79 Å². The maximum absolute atomic E-state index is 11.6. The summed E-state index contributed by atoms with van der Waals surface area (Å²) in [6.07, 6.45) is 2.54. The molecule has 3 N–H and O–H groups in total. The van der Waals surface area contributed by atoms with Crippen LogP contribution in [0.2, 0.25) is 0 Å². The third-order valence-electron chi connectivity index (χ3n) is 3.20. The van der Waals surface area contributed by atoms with Crippen LogP contribution < -0.4 is 10.6 Å². The first kappa shape index (κ1) is 16.8. The van der Waals surface area contributed by atoms with Crippen LogP contribution in [-0.2, 0) is 9.53 Å². The Morgan fingerprint density at radius 3 is 2.80 bits per heavy atom. The van der Waals surface area contributed by atoms with Crippen molar-refractivity contribution in [3.8, 4) is 0 Å². The Morgan fingerprint density at radius 1 is 1.55 bits per heavy atom. The monoisotopic (exact) mass is 286 g/mol. The summed E-state index contributed by atoms with van der Waals surface area (Å²) < 4.78 is 5.14. The molecule has 2 atom stereocenters. The van der Waals surface area contributed by atoms with Crippen molar-refractivity contribution in [1.82, 2.24) is 10.6 Å². The molecule has 0 aromatic heterocycles. The summed E-state index contributed by atoms with van der Waals surface area (Å²) in [5.41, 5.74) is -0.562. The number of hydrogen-bond acceptors (Lipinski definition) is 4. The molecule has 0 aromatic carbocycles. The topological polar surface area (TPSA) is 87.7 Å². The van der Waals surface area contributed by atoms with Gasteiger partial charge >= 0.3 is 6.09 Å². The van der Waals surface area contributed by atoms with Gasteiger partial charge in [0.25, 0.3) is 0 Å². The van der Waals surface area contributed by atoms with Crippen LogP contribution in [0.25, 0.3) is 0 Å². The highest BCUT2D eigenvalue weighted by atomic mass is 16.6. The number of aliphatic hydroxyl groups is 1. The number of amides is 2. The van der Waals surface area contributed by atoms with Crippen LogP contribution in [0.4, 0.5) is 4.79 Å². The van der Waals surface area contributed by atoms with E-state index in [0.717, 1.165) is 19.4 Å². The van der Waals surface area contributed by atoms with Crippen LogP contribution in [0.15, 0.2) is 0 Å². The highest BCUT2D eigenvalue weighted by molar-refractivity contribution is 5.79. The molecular formula is C14H26N2O4. The van der Waals surface area contributed by atoms with Gasteiger partial charge in [-0.05, 0) is 46.5 Å². The van der Waals surface area contributed by atoms with E-state index < -0.39 is 11.7 Å². The van der Waals surface area contributed by atoms with Crippen molar-refractivity contribution in [3.05, 3.63) is 0 Å². The van der Waals surface area contributed by atoms with E-state index in [4.69, 9.17) is 4.74 Å². The molecule has 0 spiro atoms. The molecule has 1 aliphatic heterocycles. The number of hydrogen-bond donors (Lipinski definition) is 3. The van der Waals surface area contributed by atoms with Gasteiger partial charge in [-0.25, -0.2) is 4.79 Å². The summed E-state index contributed by atoms with van der Waals surface area (Å²) in [7, 11) is 0. The van der Waals surface area contributed by atoms with E-state index in [-0.39, 0.29) is 24.5 Å². The molecule has 0 unspecified atom stereocenters. The molecule has 116 valence electrons. The number of aliphatic hydroxyl groups excluding tert-OH is 1. The molecule has 6 nitrogen and oxygen atoms in total. The minimum Gasteiger partial charge on any atom is -0.444 e. The number of alkyl carbamates (subject to hydrolysis) is 1. The highest BCUT2D eigenvalue weighted by Gasteiger charge is 2.24. The average Bonchev–Trinajstić information content (AvgIpc) is 2.34. The fourth-order valence-corrected chi connectivity index (χ4v) is 2.20. The number of carbonyl (C=O) groups excluding carboxylic acids is 2. The molecule has 0 saturated carbocycles. The first-order valence-corrected chi connectivity index (χ1v) is 7.20. The summed E-state index contributed by atoms with van der Waals surface area (Å²) >= 11 is 0. The Kier molecular flexibility index (Phi) is 6.26. The largest absolute Gasteiger partial charge is 0.444 e. The Bertz CT molecular complexity index is 339. The zero-order chi connectivity index (χ0) is 15.2. The Balaban J connectivity index is 2.35. The van der Waals surface area contributed by atoms with Crippen LogP contribution in [0.5, 0.6) is 0 Å². The molecule has 1 heterocycles. The van der Waals surface area contributed by atoms with Crippen LogP contribution in [0.3, 0.4) is 0 Å². The first-order valence-electron chi connectivity index (χ1n) is 7.20. The molecule has 0 aliphatic carbocycles. The zero-order valence-electron chi connectivity index (χ0n) is 12.6. The predicted molar refractivity (Wildman–Crippen MR) is 75.2 cm³/mol. The molecule has 0 radical (unpaired) electrons. The van der Waals surface area contributed by atoms with Gasteiger partial charge < -0.3 is 20.5 Å². The van der Waals surface area contributed by atoms with E-state index in [1.807, 2.05) is 0 Å². The number of nitrogens with one attached hydrogen (secondary N) is 2. The van der Waals surface area contributed by atoms with Crippen LogP contribution in [-0.4, -0.2) is 41.9 Å². The molecule has 2 amide bonds. The number of rotatable bonds is 5. The van der Waals surface area contributed by atoms with Gasteiger partial charge in [0, 0.05) is 12.5 Å². The minimum absolute atomic E-state index is 0.0155. The molecular weight excluding hydrogens is 260 g/mol. The van der Waals surface area contributed by atoms with Crippen molar-refractivity contribution >= 4 is 12.0 Å². The van der Waals surface area contributed by atoms with Gasteiger partial charge in [-0.1, -0.05) is 0 Å². The standard InChI is InChI=1S/C14H26N2O4/c1-14(2,3)20-13(19)16-11(9-17)7-6-10-5-4-8-15-12(10)18/h10-11,17H,4-9H2,1-3H3,(H,15,18)(H,16,19)/t10-,11-/m0/s1.